The first kappa shape index (κ1) is 14.1. The van der Waals surface area contributed by atoms with Gasteiger partial charge in [-0.2, -0.15) is 11.3 Å². The third-order valence-corrected chi connectivity index (χ3v) is 4.57. The minimum atomic E-state index is -0.765. The second kappa shape index (κ2) is 5.33. The van der Waals surface area contributed by atoms with E-state index in [1.807, 2.05) is 30.7 Å². The maximum absolute atomic E-state index is 12.6. The highest BCUT2D eigenvalue weighted by molar-refractivity contribution is 7.07. The largest absolute Gasteiger partial charge is 0.340 e. The first-order valence-corrected chi connectivity index (χ1v) is 7.60. The summed E-state index contributed by atoms with van der Waals surface area (Å²) in [6, 6.07) is 1.65. The summed E-state index contributed by atoms with van der Waals surface area (Å²) < 4.78 is 0. The van der Waals surface area contributed by atoms with Gasteiger partial charge in [-0.1, -0.05) is 13.8 Å². The maximum atomic E-state index is 12.6. The Balaban J connectivity index is 2.29. The smallest absolute Gasteiger partial charge is 0.249 e. The van der Waals surface area contributed by atoms with E-state index >= 15 is 0 Å². The lowest BCUT2D eigenvalue weighted by Gasteiger charge is -2.43. The van der Waals surface area contributed by atoms with E-state index in [0.29, 0.717) is 19.4 Å². The van der Waals surface area contributed by atoms with E-state index in [9.17, 15) is 9.59 Å². The number of amides is 2. The van der Waals surface area contributed by atoms with Crippen LogP contribution in [-0.2, 0) is 16.1 Å². The highest BCUT2D eigenvalue weighted by Gasteiger charge is 2.46. The summed E-state index contributed by atoms with van der Waals surface area (Å²) in [6.07, 6.45) is 1.25. The summed E-state index contributed by atoms with van der Waals surface area (Å²) in [5.74, 6) is -0.0191. The molecule has 0 bridgehead atoms. The average molecular weight is 280 g/mol. The molecule has 2 atom stereocenters. The van der Waals surface area contributed by atoms with Crippen LogP contribution in [-0.4, -0.2) is 28.3 Å². The van der Waals surface area contributed by atoms with Crippen molar-refractivity contribution in [3.8, 4) is 0 Å². The number of carbonyl (C=O) groups is 2. The van der Waals surface area contributed by atoms with Gasteiger partial charge < -0.3 is 10.2 Å². The fraction of sp³-hybridized carbons (Fsp3) is 0.571. The summed E-state index contributed by atoms with van der Waals surface area (Å²) in [4.78, 5) is 26.5. The Labute approximate surface area is 117 Å². The Morgan fingerprint density at radius 1 is 1.42 bits per heavy atom. The van der Waals surface area contributed by atoms with E-state index in [-0.39, 0.29) is 17.9 Å². The number of nitrogens with zero attached hydrogens (tertiary/aromatic N) is 1. The molecule has 2 heterocycles. The van der Waals surface area contributed by atoms with Crippen molar-refractivity contribution in [1.82, 2.24) is 10.2 Å². The SMILES string of the molecule is CCC1C(=O)NC(C)(CC)C(=O)N1Cc1ccsc1. The van der Waals surface area contributed by atoms with Crippen molar-refractivity contribution in [2.24, 2.45) is 0 Å². The van der Waals surface area contributed by atoms with Gasteiger partial charge in [-0.05, 0) is 42.2 Å². The zero-order valence-corrected chi connectivity index (χ0v) is 12.4. The Bertz CT molecular complexity index is 472. The molecule has 104 valence electrons. The lowest BCUT2D eigenvalue weighted by atomic mass is 9.91. The van der Waals surface area contributed by atoms with Crippen LogP contribution in [0.3, 0.4) is 0 Å². The molecule has 1 aromatic heterocycles. The number of hydrogen-bond acceptors (Lipinski definition) is 3. The molecule has 0 saturated carbocycles. The predicted octanol–water partition coefficient (Wildman–Crippen LogP) is 2.15. The number of rotatable bonds is 4. The molecule has 2 rings (SSSR count). The summed E-state index contributed by atoms with van der Waals surface area (Å²) in [6.45, 7) is 6.18. The van der Waals surface area contributed by atoms with Crippen molar-refractivity contribution >= 4 is 23.2 Å². The summed E-state index contributed by atoms with van der Waals surface area (Å²) in [5.41, 5.74) is 0.323. The minimum Gasteiger partial charge on any atom is -0.340 e. The Hall–Kier alpha value is -1.36. The number of nitrogens with one attached hydrogen (secondary N) is 1. The Kier molecular flexibility index (Phi) is 3.94. The minimum absolute atomic E-state index is 0.0210. The molecule has 1 N–H and O–H groups in total. The van der Waals surface area contributed by atoms with E-state index in [2.05, 4.69) is 5.32 Å². The van der Waals surface area contributed by atoms with E-state index in [4.69, 9.17) is 0 Å². The van der Waals surface area contributed by atoms with Gasteiger partial charge in [0, 0.05) is 6.54 Å². The van der Waals surface area contributed by atoms with Crippen molar-refractivity contribution in [2.45, 2.75) is 51.7 Å². The van der Waals surface area contributed by atoms with E-state index in [0.717, 1.165) is 5.56 Å². The van der Waals surface area contributed by atoms with Gasteiger partial charge in [0.1, 0.15) is 11.6 Å². The number of carbonyl (C=O) groups excluding carboxylic acids is 2. The first-order valence-electron chi connectivity index (χ1n) is 6.66. The summed E-state index contributed by atoms with van der Waals surface area (Å²) in [7, 11) is 0. The average Bonchev–Trinajstić information content (AvgIpc) is 2.89. The fourth-order valence-electron chi connectivity index (χ4n) is 2.42. The van der Waals surface area contributed by atoms with Gasteiger partial charge in [0.05, 0.1) is 0 Å². The number of hydrogen-bond donors (Lipinski definition) is 1. The van der Waals surface area contributed by atoms with Crippen molar-refractivity contribution in [3.05, 3.63) is 22.4 Å². The molecule has 1 aromatic rings. The number of piperazine rings is 1. The van der Waals surface area contributed by atoms with E-state index < -0.39 is 5.54 Å². The van der Waals surface area contributed by atoms with Gasteiger partial charge in [0.15, 0.2) is 0 Å². The second-order valence-electron chi connectivity index (χ2n) is 5.16. The quantitative estimate of drug-likeness (QED) is 0.918. The maximum Gasteiger partial charge on any atom is 0.249 e. The highest BCUT2D eigenvalue weighted by Crippen LogP contribution is 2.25. The summed E-state index contributed by atoms with van der Waals surface area (Å²) in [5, 5.41) is 6.89. The van der Waals surface area contributed by atoms with Crippen molar-refractivity contribution in [1.29, 1.82) is 0 Å². The van der Waals surface area contributed by atoms with Crippen LogP contribution in [0.1, 0.15) is 39.2 Å². The molecule has 19 heavy (non-hydrogen) atoms. The highest BCUT2D eigenvalue weighted by atomic mass is 32.1. The molecule has 2 unspecified atom stereocenters. The molecule has 0 aliphatic carbocycles. The van der Waals surface area contributed by atoms with Crippen LogP contribution < -0.4 is 5.32 Å². The standard InChI is InChI=1S/C14H20N2O2S/c1-4-11-12(17)15-14(3,5-2)13(18)16(11)8-10-6-7-19-9-10/h6-7,9,11H,4-5,8H2,1-3H3,(H,15,17). The van der Waals surface area contributed by atoms with Crippen molar-refractivity contribution in [3.63, 3.8) is 0 Å². The van der Waals surface area contributed by atoms with Gasteiger partial charge in [-0.15, -0.1) is 0 Å². The van der Waals surface area contributed by atoms with E-state index in [1.165, 1.54) is 0 Å². The molecule has 1 aliphatic heterocycles. The molecule has 0 radical (unpaired) electrons. The topological polar surface area (TPSA) is 49.4 Å². The Morgan fingerprint density at radius 3 is 2.68 bits per heavy atom. The fourth-order valence-corrected chi connectivity index (χ4v) is 3.08. The second-order valence-corrected chi connectivity index (χ2v) is 5.94. The molecular formula is C14H20N2O2S. The molecule has 5 heteroatoms. The lowest BCUT2D eigenvalue weighted by molar-refractivity contribution is -0.155. The van der Waals surface area contributed by atoms with Crippen molar-refractivity contribution in [2.75, 3.05) is 0 Å². The van der Waals surface area contributed by atoms with Gasteiger partial charge >= 0.3 is 0 Å². The van der Waals surface area contributed by atoms with Crippen LogP contribution in [0, 0.1) is 0 Å². The normalized spacial score (nSPS) is 27.5. The number of thiophene rings is 1. The zero-order chi connectivity index (χ0) is 14.0. The van der Waals surface area contributed by atoms with Gasteiger partial charge in [0.25, 0.3) is 0 Å². The molecule has 1 saturated heterocycles. The van der Waals surface area contributed by atoms with Gasteiger partial charge in [-0.25, -0.2) is 0 Å². The molecule has 0 spiro atoms. The molecule has 1 fully saturated rings. The lowest BCUT2D eigenvalue weighted by Crippen LogP contribution is -2.68. The Morgan fingerprint density at radius 2 is 2.16 bits per heavy atom. The van der Waals surface area contributed by atoms with Crippen LogP contribution in [0.2, 0.25) is 0 Å². The molecule has 2 amide bonds. The van der Waals surface area contributed by atoms with Gasteiger partial charge in [-0.3, -0.25) is 9.59 Å². The first-order chi connectivity index (χ1) is 9.01. The molecule has 0 aromatic carbocycles. The van der Waals surface area contributed by atoms with Crippen LogP contribution >= 0.6 is 11.3 Å². The third kappa shape index (κ3) is 2.52. The van der Waals surface area contributed by atoms with Crippen molar-refractivity contribution < 1.29 is 9.59 Å². The molecule has 4 nitrogen and oxygen atoms in total. The summed E-state index contributed by atoms with van der Waals surface area (Å²) >= 11 is 1.61. The van der Waals surface area contributed by atoms with Crippen LogP contribution in [0.5, 0.6) is 0 Å². The van der Waals surface area contributed by atoms with Gasteiger partial charge in [0.2, 0.25) is 11.8 Å². The third-order valence-electron chi connectivity index (χ3n) is 3.84. The van der Waals surface area contributed by atoms with Crippen LogP contribution in [0.4, 0.5) is 0 Å². The predicted molar refractivity (Wildman–Crippen MR) is 75.8 cm³/mol. The molecular weight excluding hydrogens is 260 g/mol. The zero-order valence-electron chi connectivity index (χ0n) is 11.6. The van der Waals surface area contributed by atoms with Crippen LogP contribution in [0.15, 0.2) is 16.8 Å². The van der Waals surface area contributed by atoms with E-state index in [1.54, 1.807) is 23.2 Å². The van der Waals surface area contributed by atoms with Crippen LogP contribution in [0.25, 0.3) is 0 Å². The molecule has 1 aliphatic rings. The monoisotopic (exact) mass is 280 g/mol.